The van der Waals surface area contributed by atoms with Crippen LogP contribution in [0.4, 0.5) is 5.69 Å². The standard InChI is InChI=1S/C17H21N5O2S2/c18-14(23)10-25-13-7-4-3-6-12(13)19-16(24)11-26-17-21-20-15-8-2-1-5-9-22(15)17/h3-4,6-7H,1-2,5,8-11H2,(H2,18,23)(H,19,24). The normalized spacial score (nSPS) is 13.7. The molecule has 0 radical (unpaired) electrons. The molecule has 2 amide bonds. The van der Waals surface area contributed by atoms with Gasteiger partial charge in [0.15, 0.2) is 5.16 Å². The lowest BCUT2D eigenvalue weighted by Gasteiger charge is -2.10. The molecule has 138 valence electrons. The first-order chi connectivity index (χ1) is 12.6. The molecule has 0 aliphatic carbocycles. The number of hydrogen-bond donors (Lipinski definition) is 2. The average molecular weight is 392 g/mol. The molecule has 1 aliphatic rings. The molecule has 0 spiro atoms. The van der Waals surface area contributed by atoms with Crippen molar-refractivity contribution in [3.63, 3.8) is 0 Å². The number of carbonyl (C=O) groups excluding carboxylic acids is 2. The van der Waals surface area contributed by atoms with Crippen LogP contribution in [-0.4, -0.2) is 38.1 Å². The zero-order chi connectivity index (χ0) is 18.4. The number of anilines is 1. The van der Waals surface area contributed by atoms with Crippen LogP contribution < -0.4 is 11.1 Å². The van der Waals surface area contributed by atoms with Gasteiger partial charge in [-0.15, -0.1) is 22.0 Å². The zero-order valence-electron chi connectivity index (χ0n) is 14.3. The molecule has 0 unspecified atom stereocenters. The van der Waals surface area contributed by atoms with Gasteiger partial charge >= 0.3 is 0 Å². The maximum atomic E-state index is 12.3. The summed E-state index contributed by atoms with van der Waals surface area (Å²) in [6.45, 7) is 0.916. The number of carbonyl (C=O) groups is 2. The molecule has 2 aromatic rings. The van der Waals surface area contributed by atoms with Gasteiger partial charge in [-0.25, -0.2) is 0 Å². The van der Waals surface area contributed by atoms with Crippen LogP contribution in [0.5, 0.6) is 0 Å². The summed E-state index contributed by atoms with van der Waals surface area (Å²) in [5, 5.41) is 12.2. The fourth-order valence-electron chi connectivity index (χ4n) is 2.73. The molecule has 1 aliphatic heterocycles. The molecule has 9 heteroatoms. The Bertz CT molecular complexity index is 793. The highest BCUT2D eigenvalue weighted by Crippen LogP contribution is 2.27. The van der Waals surface area contributed by atoms with Crippen molar-refractivity contribution in [1.82, 2.24) is 14.8 Å². The lowest BCUT2D eigenvalue weighted by Crippen LogP contribution is -2.16. The van der Waals surface area contributed by atoms with Crippen molar-refractivity contribution in [3.8, 4) is 0 Å². The molecule has 0 fully saturated rings. The Morgan fingerprint density at radius 2 is 1.96 bits per heavy atom. The summed E-state index contributed by atoms with van der Waals surface area (Å²) in [6.07, 6.45) is 4.41. The van der Waals surface area contributed by atoms with Crippen LogP contribution in [0.25, 0.3) is 0 Å². The van der Waals surface area contributed by atoms with Gasteiger partial charge in [-0.05, 0) is 25.0 Å². The van der Waals surface area contributed by atoms with Gasteiger partial charge in [-0.3, -0.25) is 9.59 Å². The third kappa shape index (κ3) is 5.01. The third-order valence-electron chi connectivity index (χ3n) is 3.94. The summed E-state index contributed by atoms with van der Waals surface area (Å²) < 4.78 is 2.13. The summed E-state index contributed by atoms with van der Waals surface area (Å²) in [6, 6.07) is 7.37. The van der Waals surface area contributed by atoms with E-state index in [2.05, 4.69) is 20.1 Å². The highest BCUT2D eigenvalue weighted by atomic mass is 32.2. The molecule has 7 nitrogen and oxygen atoms in total. The molecule has 0 saturated heterocycles. The Labute approximate surface area is 160 Å². The van der Waals surface area contributed by atoms with Gasteiger partial charge < -0.3 is 15.6 Å². The fraction of sp³-hybridized carbons (Fsp3) is 0.412. The molecule has 26 heavy (non-hydrogen) atoms. The number of nitrogens with zero attached hydrogens (tertiary/aromatic N) is 3. The van der Waals surface area contributed by atoms with Gasteiger partial charge in [0.1, 0.15) is 5.82 Å². The summed E-state index contributed by atoms with van der Waals surface area (Å²) in [4.78, 5) is 24.1. The lowest BCUT2D eigenvalue weighted by atomic mass is 10.2. The van der Waals surface area contributed by atoms with Crippen LogP contribution in [0.3, 0.4) is 0 Å². The molecule has 1 aromatic heterocycles. The first-order valence-corrected chi connectivity index (χ1v) is 10.5. The van der Waals surface area contributed by atoms with E-state index in [-0.39, 0.29) is 23.3 Å². The maximum Gasteiger partial charge on any atom is 0.234 e. The van der Waals surface area contributed by atoms with Crippen LogP contribution in [0.1, 0.15) is 25.1 Å². The predicted octanol–water partition coefficient (Wildman–Crippen LogP) is 2.31. The minimum Gasteiger partial charge on any atom is -0.369 e. The Morgan fingerprint density at radius 1 is 1.12 bits per heavy atom. The summed E-state index contributed by atoms with van der Waals surface area (Å²) in [5.41, 5.74) is 5.88. The molecule has 1 aromatic carbocycles. The number of fused-ring (bicyclic) bond motifs is 1. The number of amides is 2. The second kappa shape index (κ2) is 9.09. The molecular weight excluding hydrogens is 370 g/mol. The van der Waals surface area contributed by atoms with Crippen molar-refractivity contribution in [2.24, 2.45) is 5.73 Å². The quantitative estimate of drug-likeness (QED) is 0.702. The number of rotatable bonds is 7. The Morgan fingerprint density at radius 3 is 2.81 bits per heavy atom. The van der Waals surface area contributed by atoms with Crippen LogP contribution in [-0.2, 0) is 22.6 Å². The number of primary amides is 1. The topological polar surface area (TPSA) is 103 Å². The van der Waals surface area contributed by atoms with Crippen LogP contribution in [0.15, 0.2) is 34.3 Å². The monoisotopic (exact) mass is 391 g/mol. The number of hydrogen-bond acceptors (Lipinski definition) is 6. The minimum absolute atomic E-state index is 0.118. The van der Waals surface area contributed by atoms with Gasteiger partial charge in [-0.2, -0.15) is 0 Å². The van der Waals surface area contributed by atoms with E-state index >= 15 is 0 Å². The Kier molecular flexibility index (Phi) is 6.56. The van der Waals surface area contributed by atoms with E-state index in [0.717, 1.165) is 41.7 Å². The second-order valence-corrected chi connectivity index (χ2v) is 7.91. The molecule has 3 rings (SSSR count). The van der Waals surface area contributed by atoms with Gasteiger partial charge in [0.05, 0.1) is 17.2 Å². The Balaban J connectivity index is 1.58. The summed E-state index contributed by atoms with van der Waals surface area (Å²) in [7, 11) is 0. The maximum absolute atomic E-state index is 12.3. The van der Waals surface area contributed by atoms with E-state index < -0.39 is 0 Å². The summed E-state index contributed by atoms with van der Waals surface area (Å²) >= 11 is 2.71. The molecular formula is C17H21N5O2S2. The number of benzene rings is 1. The third-order valence-corrected chi connectivity index (χ3v) is 6.00. The largest absolute Gasteiger partial charge is 0.369 e. The highest BCUT2D eigenvalue weighted by Gasteiger charge is 2.16. The number of aromatic nitrogens is 3. The number of aryl methyl sites for hydroxylation is 1. The highest BCUT2D eigenvalue weighted by molar-refractivity contribution is 8.00. The first-order valence-electron chi connectivity index (χ1n) is 8.48. The molecule has 3 N–H and O–H groups in total. The molecule has 0 atom stereocenters. The second-order valence-electron chi connectivity index (χ2n) is 5.95. The van der Waals surface area contributed by atoms with E-state index in [0.29, 0.717) is 5.69 Å². The van der Waals surface area contributed by atoms with Gasteiger partial charge in [-0.1, -0.05) is 30.3 Å². The first kappa shape index (κ1) is 18.8. The minimum atomic E-state index is -0.390. The lowest BCUT2D eigenvalue weighted by molar-refractivity contribution is -0.115. The molecule has 2 heterocycles. The van der Waals surface area contributed by atoms with E-state index in [1.54, 1.807) is 0 Å². The van der Waals surface area contributed by atoms with Crippen molar-refractivity contribution in [3.05, 3.63) is 30.1 Å². The molecule has 0 saturated carbocycles. The Hall–Kier alpha value is -2.00. The van der Waals surface area contributed by atoms with Gasteiger partial charge in [0.25, 0.3) is 0 Å². The van der Waals surface area contributed by atoms with Crippen molar-refractivity contribution >= 4 is 41.0 Å². The zero-order valence-corrected chi connectivity index (χ0v) is 15.9. The number of nitrogens with two attached hydrogens (primary N) is 1. The van der Waals surface area contributed by atoms with Crippen molar-refractivity contribution in [1.29, 1.82) is 0 Å². The van der Waals surface area contributed by atoms with Crippen LogP contribution >= 0.6 is 23.5 Å². The van der Waals surface area contributed by atoms with E-state index in [4.69, 9.17) is 5.73 Å². The van der Waals surface area contributed by atoms with Crippen LogP contribution in [0, 0.1) is 0 Å². The number of para-hydroxylation sites is 1. The van der Waals surface area contributed by atoms with E-state index in [9.17, 15) is 9.59 Å². The van der Waals surface area contributed by atoms with Gasteiger partial charge in [0.2, 0.25) is 11.8 Å². The SMILES string of the molecule is NC(=O)CSc1ccccc1NC(=O)CSc1nnc2n1CCCCC2. The number of nitrogens with one attached hydrogen (secondary N) is 1. The fourth-order valence-corrected chi connectivity index (χ4v) is 4.26. The van der Waals surface area contributed by atoms with Crippen molar-refractivity contribution in [2.75, 3.05) is 16.8 Å². The summed E-state index contributed by atoms with van der Waals surface area (Å²) in [5.74, 6) is 0.936. The average Bonchev–Trinajstić information content (AvgIpc) is 2.85. The molecule has 0 bridgehead atoms. The van der Waals surface area contributed by atoms with E-state index in [1.165, 1.54) is 29.9 Å². The number of thioether (sulfide) groups is 2. The van der Waals surface area contributed by atoms with E-state index in [1.807, 2.05) is 24.3 Å². The van der Waals surface area contributed by atoms with Crippen molar-refractivity contribution in [2.45, 2.75) is 42.3 Å². The van der Waals surface area contributed by atoms with Crippen LogP contribution in [0.2, 0.25) is 0 Å². The van der Waals surface area contributed by atoms with Gasteiger partial charge in [0, 0.05) is 17.9 Å². The smallest absolute Gasteiger partial charge is 0.234 e. The predicted molar refractivity (Wildman–Crippen MR) is 103 cm³/mol. The van der Waals surface area contributed by atoms with Crippen molar-refractivity contribution < 1.29 is 9.59 Å².